The number of hydrogen-bond acceptors (Lipinski definition) is 1. The zero-order valence-corrected chi connectivity index (χ0v) is 8.59. The first-order valence-corrected chi connectivity index (χ1v) is 4.47. The van der Waals surface area contributed by atoms with Crippen molar-refractivity contribution in [3.05, 3.63) is 48.6 Å². The quantitative estimate of drug-likeness (QED) is 0.507. The number of nitrogens with two attached hydrogens (primary N) is 1. The molecule has 1 unspecified atom stereocenters. The van der Waals surface area contributed by atoms with Gasteiger partial charge in [-0.25, -0.2) is 0 Å². The van der Waals surface area contributed by atoms with E-state index in [1.54, 1.807) is 6.08 Å². The Kier molecular flexibility index (Phi) is 5.90. The van der Waals surface area contributed by atoms with Gasteiger partial charge in [0.1, 0.15) is 0 Å². The smallest absolute Gasteiger partial charge is 0.0289 e. The highest BCUT2D eigenvalue weighted by Crippen LogP contribution is 2.10. The highest BCUT2D eigenvalue weighted by atomic mass is 14.6. The van der Waals surface area contributed by atoms with E-state index in [1.165, 1.54) is 5.57 Å². The molecule has 1 heteroatoms. The van der Waals surface area contributed by atoms with Crippen molar-refractivity contribution in [3.63, 3.8) is 0 Å². The molecule has 0 aromatic carbocycles. The van der Waals surface area contributed by atoms with E-state index in [0.717, 1.165) is 12.0 Å². The lowest BCUT2D eigenvalue weighted by molar-refractivity contribution is 0.768. The van der Waals surface area contributed by atoms with Gasteiger partial charge >= 0.3 is 0 Å². The van der Waals surface area contributed by atoms with E-state index in [9.17, 15) is 0 Å². The van der Waals surface area contributed by atoms with E-state index in [4.69, 9.17) is 5.73 Å². The van der Waals surface area contributed by atoms with Crippen molar-refractivity contribution in [1.82, 2.24) is 0 Å². The van der Waals surface area contributed by atoms with Crippen LogP contribution in [0.4, 0.5) is 0 Å². The summed E-state index contributed by atoms with van der Waals surface area (Å²) in [5, 5.41) is 0. The molecule has 13 heavy (non-hydrogen) atoms. The lowest BCUT2D eigenvalue weighted by Gasteiger charge is -2.11. The molecule has 1 atom stereocenters. The minimum atomic E-state index is 0.0562. The Morgan fingerprint density at radius 3 is 2.54 bits per heavy atom. The van der Waals surface area contributed by atoms with E-state index in [-0.39, 0.29) is 6.04 Å². The Balaban J connectivity index is 4.22. The van der Waals surface area contributed by atoms with E-state index in [1.807, 2.05) is 26.0 Å². The van der Waals surface area contributed by atoms with Gasteiger partial charge in [0.25, 0.3) is 0 Å². The Hall–Kier alpha value is -1.08. The molecular weight excluding hydrogens is 158 g/mol. The summed E-state index contributed by atoms with van der Waals surface area (Å²) in [5.41, 5.74) is 8.10. The molecule has 72 valence electrons. The molecule has 0 bridgehead atoms. The highest BCUT2D eigenvalue weighted by Gasteiger charge is 2.03. The molecule has 0 radical (unpaired) electrons. The SMILES string of the molecule is C=C/C=C\C(=C/C)CC(N)C(=C)C. The van der Waals surface area contributed by atoms with Gasteiger partial charge in [-0.15, -0.1) is 0 Å². The van der Waals surface area contributed by atoms with Crippen molar-refractivity contribution in [2.45, 2.75) is 26.3 Å². The molecule has 0 aliphatic rings. The van der Waals surface area contributed by atoms with Crippen LogP contribution in [0.25, 0.3) is 0 Å². The van der Waals surface area contributed by atoms with Crippen LogP contribution < -0.4 is 5.73 Å². The molecule has 1 nitrogen and oxygen atoms in total. The Bertz CT molecular complexity index is 234. The minimum Gasteiger partial charge on any atom is -0.324 e. The van der Waals surface area contributed by atoms with Gasteiger partial charge in [0.05, 0.1) is 0 Å². The van der Waals surface area contributed by atoms with Crippen LogP contribution in [-0.4, -0.2) is 6.04 Å². The second kappa shape index (κ2) is 6.44. The third kappa shape index (κ3) is 5.21. The first-order chi connectivity index (χ1) is 6.11. The summed E-state index contributed by atoms with van der Waals surface area (Å²) in [6, 6.07) is 0.0562. The first-order valence-electron chi connectivity index (χ1n) is 4.47. The summed E-state index contributed by atoms with van der Waals surface area (Å²) in [5.74, 6) is 0. The fourth-order valence-corrected chi connectivity index (χ4v) is 0.902. The van der Waals surface area contributed by atoms with Gasteiger partial charge in [-0.3, -0.25) is 0 Å². The Labute approximate surface area is 81.3 Å². The molecule has 0 saturated carbocycles. The van der Waals surface area contributed by atoms with E-state index in [0.29, 0.717) is 0 Å². The maximum Gasteiger partial charge on any atom is 0.0289 e. The summed E-state index contributed by atoms with van der Waals surface area (Å²) in [6.45, 7) is 11.4. The van der Waals surface area contributed by atoms with Gasteiger partial charge in [0.15, 0.2) is 0 Å². The van der Waals surface area contributed by atoms with Crippen LogP contribution in [0.5, 0.6) is 0 Å². The summed E-state index contributed by atoms with van der Waals surface area (Å²) >= 11 is 0. The Morgan fingerprint density at radius 1 is 1.54 bits per heavy atom. The monoisotopic (exact) mass is 177 g/mol. The summed E-state index contributed by atoms with van der Waals surface area (Å²) < 4.78 is 0. The second-order valence-electron chi connectivity index (χ2n) is 3.12. The standard InChI is InChI=1S/C12H19N/c1-5-7-8-11(6-2)9-12(13)10(3)4/h5-8,12H,1,3,9,13H2,2,4H3/b8-7-,11-6+. The van der Waals surface area contributed by atoms with E-state index >= 15 is 0 Å². The fraction of sp³-hybridized carbons (Fsp3) is 0.333. The van der Waals surface area contributed by atoms with Gasteiger partial charge in [-0.1, -0.05) is 48.6 Å². The van der Waals surface area contributed by atoms with Crippen LogP contribution >= 0.6 is 0 Å². The summed E-state index contributed by atoms with van der Waals surface area (Å²) in [6.07, 6.45) is 8.60. The number of allylic oxidation sites excluding steroid dienone is 4. The normalized spacial score (nSPS) is 14.5. The van der Waals surface area contributed by atoms with Crippen LogP contribution in [0.3, 0.4) is 0 Å². The first kappa shape index (κ1) is 11.9. The van der Waals surface area contributed by atoms with Crippen LogP contribution in [0, 0.1) is 0 Å². The molecule has 0 aromatic heterocycles. The zero-order valence-electron chi connectivity index (χ0n) is 8.59. The molecular formula is C12H19N. The lowest BCUT2D eigenvalue weighted by Crippen LogP contribution is -2.20. The van der Waals surface area contributed by atoms with Crippen molar-refractivity contribution >= 4 is 0 Å². The van der Waals surface area contributed by atoms with Crippen LogP contribution in [-0.2, 0) is 0 Å². The molecule has 0 aliphatic carbocycles. The van der Waals surface area contributed by atoms with Gasteiger partial charge in [-0.05, 0) is 20.3 Å². The Morgan fingerprint density at radius 2 is 2.15 bits per heavy atom. The number of hydrogen-bond donors (Lipinski definition) is 1. The zero-order chi connectivity index (χ0) is 10.3. The van der Waals surface area contributed by atoms with Gasteiger partial charge in [0.2, 0.25) is 0 Å². The molecule has 0 amide bonds. The lowest BCUT2D eigenvalue weighted by atomic mass is 10.0. The molecule has 0 rings (SSSR count). The van der Waals surface area contributed by atoms with Crippen LogP contribution in [0.2, 0.25) is 0 Å². The molecule has 0 spiro atoms. The molecule has 2 N–H and O–H groups in total. The van der Waals surface area contributed by atoms with Crippen molar-refractivity contribution in [1.29, 1.82) is 0 Å². The molecule has 0 aliphatic heterocycles. The summed E-state index contributed by atoms with van der Waals surface area (Å²) in [4.78, 5) is 0. The highest BCUT2D eigenvalue weighted by molar-refractivity contribution is 5.23. The predicted octanol–water partition coefficient (Wildman–Crippen LogP) is 2.97. The average molecular weight is 177 g/mol. The topological polar surface area (TPSA) is 26.0 Å². The average Bonchev–Trinajstić information content (AvgIpc) is 2.11. The van der Waals surface area contributed by atoms with Gasteiger partial charge < -0.3 is 5.73 Å². The van der Waals surface area contributed by atoms with Gasteiger partial charge in [0, 0.05) is 6.04 Å². The summed E-state index contributed by atoms with van der Waals surface area (Å²) in [7, 11) is 0. The van der Waals surface area contributed by atoms with E-state index in [2.05, 4.69) is 19.2 Å². The van der Waals surface area contributed by atoms with Crippen molar-refractivity contribution in [3.8, 4) is 0 Å². The molecule has 0 heterocycles. The third-order valence-electron chi connectivity index (χ3n) is 1.91. The number of rotatable bonds is 5. The van der Waals surface area contributed by atoms with Crippen molar-refractivity contribution in [2.75, 3.05) is 0 Å². The van der Waals surface area contributed by atoms with Gasteiger partial charge in [-0.2, -0.15) is 0 Å². The maximum absolute atomic E-state index is 5.86. The molecule has 0 fully saturated rings. The van der Waals surface area contributed by atoms with Crippen molar-refractivity contribution in [2.24, 2.45) is 5.73 Å². The minimum absolute atomic E-state index is 0.0562. The predicted molar refractivity (Wildman–Crippen MR) is 60.5 cm³/mol. The van der Waals surface area contributed by atoms with E-state index < -0.39 is 0 Å². The maximum atomic E-state index is 5.86. The largest absolute Gasteiger partial charge is 0.324 e. The molecule has 0 saturated heterocycles. The fourth-order valence-electron chi connectivity index (χ4n) is 0.902. The van der Waals surface area contributed by atoms with Crippen LogP contribution in [0.1, 0.15) is 20.3 Å². The molecule has 0 aromatic rings. The van der Waals surface area contributed by atoms with Crippen LogP contribution in [0.15, 0.2) is 48.6 Å². The second-order valence-corrected chi connectivity index (χ2v) is 3.12. The van der Waals surface area contributed by atoms with Crippen molar-refractivity contribution < 1.29 is 0 Å². The third-order valence-corrected chi connectivity index (χ3v) is 1.91.